The number of aliphatic carboxylic acids is 1. The summed E-state index contributed by atoms with van der Waals surface area (Å²) in [5.41, 5.74) is 1.40. The Morgan fingerprint density at radius 2 is 1.73 bits per heavy atom. The molecule has 154 valence electrons. The first kappa shape index (κ1) is 20.2. The molecular formula is C22H18F2N2O3S. The molecule has 1 amide bonds. The Bertz CT molecular complexity index is 1080. The molecule has 0 saturated heterocycles. The van der Waals surface area contributed by atoms with Crippen molar-refractivity contribution in [3.05, 3.63) is 75.6 Å². The Morgan fingerprint density at radius 1 is 1.10 bits per heavy atom. The van der Waals surface area contributed by atoms with E-state index in [9.17, 15) is 23.5 Å². The number of carboxylic acids is 1. The van der Waals surface area contributed by atoms with Crippen LogP contribution in [0, 0.1) is 17.0 Å². The van der Waals surface area contributed by atoms with E-state index in [0.29, 0.717) is 16.1 Å². The lowest BCUT2D eigenvalue weighted by molar-refractivity contribution is -0.145. The van der Waals surface area contributed by atoms with Crippen LogP contribution in [0.2, 0.25) is 0 Å². The van der Waals surface area contributed by atoms with E-state index in [1.807, 2.05) is 35.7 Å². The third-order valence-corrected chi connectivity index (χ3v) is 6.14. The van der Waals surface area contributed by atoms with E-state index >= 15 is 0 Å². The highest BCUT2D eigenvalue weighted by atomic mass is 32.1. The van der Waals surface area contributed by atoms with Gasteiger partial charge in [0.05, 0.1) is 24.1 Å². The summed E-state index contributed by atoms with van der Waals surface area (Å²) in [5, 5.41) is 14.7. The van der Waals surface area contributed by atoms with Crippen molar-refractivity contribution in [2.45, 2.75) is 25.8 Å². The number of halogens is 2. The second-order valence-electron chi connectivity index (χ2n) is 7.41. The topological polar surface area (TPSA) is 79.3 Å². The van der Waals surface area contributed by atoms with Crippen molar-refractivity contribution in [1.82, 2.24) is 10.3 Å². The van der Waals surface area contributed by atoms with E-state index < -0.39 is 35.3 Å². The summed E-state index contributed by atoms with van der Waals surface area (Å²) in [6, 6.07) is 11.7. The van der Waals surface area contributed by atoms with Crippen molar-refractivity contribution in [2.75, 3.05) is 0 Å². The molecule has 8 heteroatoms. The summed E-state index contributed by atoms with van der Waals surface area (Å²) in [6.45, 7) is 0.150. The van der Waals surface area contributed by atoms with Crippen LogP contribution in [0.25, 0.3) is 11.3 Å². The number of amides is 1. The van der Waals surface area contributed by atoms with Gasteiger partial charge in [-0.3, -0.25) is 9.59 Å². The van der Waals surface area contributed by atoms with Gasteiger partial charge in [0.1, 0.15) is 5.01 Å². The number of nitrogens with zero attached hydrogens (tertiary/aromatic N) is 1. The zero-order chi connectivity index (χ0) is 21.3. The smallest absolute Gasteiger partial charge is 0.304 e. The van der Waals surface area contributed by atoms with Crippen LogP contribution in [0.4, 0.5) is 8.78 Å². The number of hydrogen-bond donors (Lipinski definition) is 2. The molecule has 0 bridgehead atoms. The van der Waals surface area contributed by atoms with Crippen molar-refractivity contribution in [3.8, 4) is 11.3 Å². The van der Waals surface area contributed by atoms with Crippen LogP contribution in [0.5, 0.6) is 0 Å². The first-order valence-corrected chi connectivity index (χ1v) is 10.2. The lowest BCUT2D eigenvalue weighted by atomic mass is 9.80. The molecule has 1 aromatic heterocycles. The molecule has 0 saturated carbocycles. The van der Waals surface area contributed by atoms with Crippen LogP contribution < -0.4 is 5.32 Å². The number of rotatable bonds is 6. The fraction of sp³-hybridized carbons (Fsp3) is 0.227. The highest BCUT2D eigenvalue weighted by Gasteiger charge is 2.46. The van der Waals surface area contributed by atoms with Crippen LogP contribution in [-0.4, -0.2) is 22.0 Å². The Morgan fingerprint density at radius 3 is 2.33 bits per heavy atom. The number of benzene rings is 2. The molecule has 0 radical (unpaired) electrons. The molecule has 0 unspecified atom stereocenters. The van der Waals surface area contributed by atoms with Gasteiger partial charge < -0.3 is 10.4 Å². The van der Waals surface area contributed by atoms with Gasteiger partial charge in [-0.1, -0.05) is 30.3 Å². The Balaban J connectivity index is 1.50. The molecule has 30 heavy (non-hydrogen) atoms. The van der Waals surface area contributed by atoms with Crippen LogP contribution in [-0.2, 0) is 29.0 Å². The van der Waals surface area contributed by atoms with E-state index in [-0.39, 0.29) is 19.4 Å². The second-order valence-corrected chi connectivity index (χ2v) is 8.36. The molecule has 1 heterocycles. The average molecular weight is 428 g/mol. The lowest BCUT2D eigenvalue weighted by Crippen LogP contribution is -2.43. The van der Waals surface area contributed by atoms with Crippen molar-refractivity contribution >= 4 is 23.2 Å². The zero-order valence-corrected chi connectivity index (χ0v) is 16.6. The number of hydrogen-bond acceptors (Lipinski definition) is 4. The number of carbonyl (C=O) groups excluding carboxylic acids is 1. The van der Waals surface area contributed by atoms with E-state index in [1.165, 1.54) is 11.3 Å². The van der Waals surface area contributed by atoms with Crippen LogP contribution >= 0.6 is 11.3 Å². The van der Waals surface area contributed by atoms with E-state index in [0.717, 1.165) is 23.4 Å². The van der Waals surface area contributed by atoms with Crippen LogP contribution in [0.3, 0.4) is 0 Å². The van der Waals surface area contributed by atoms with Gasteiger partial charge >= 0.3 is 5.97 Å². The molecule has 3 aromatic rings. The molecule has 0 aliphatic heterocycles. The molecule has 0 spiro atoms. The van der Waals surface area contributed by atoms with Gasteiger partial charge in [0.25, 0.3) is 0 Å². The number of nitrogens with one attached hydrogen (secondary N) is 1. The minimum absolute atomic E-state index is 0.0464. The fourth-order valence-electron chi connectivity index (χ4n) is 3.88. The predicted molar refractivity (Wildman–Crippen MR) is 108 cm³/mol. The Labute approximate surface area is 175 Å². The molecule has 1 aliphatic carbocycles. The normalized spacial score (nSPS) is 14.3. The molecule has 0 fully saturated rings. The number of thiazole rings is 1. The summed E-state index contributed by atoms with van der Waals surface area (Å²) in [5.74, 6) is -3.61. The van der Waals surface area contributed by atoms with Crippen molar-refractivity contribution in [3.63, 3.8) is 0 Å². The summed E-state index contributed by atoms with van der Waals surface area (Å²) in [4.78, 5) is 29.0. The SMILES string of the molecule is O=C(O)CC1(C(=O)NCc2nc(-c3ccccc3)cs2)Cc2cc(F)c(F)cc2C1. The maximum Gasteiger partial charge on any atom is 0.304 e. The molecule has 2 aromatic carbocycles. The summed E-state index contributed by atoms with van der Waals surface area (Å²) < 4.78 is 27.2. The highest BCUT2D eigenvalue weighted by Crippen LogP contribution is 2.41. The molecular weight excluding hydrogens is 410 g/mol. The third-order valence-electron chi connectivity index (χ3n) is 5.29. The van der Waals surface area contributed by atoms with E-state index in [1.54, 1.807) is 0 Å². The van der Waals surface area contributed by atoms with Crippen LogP contribution in [0.15, 0.2) is 47.8 Å². The first-order chi connectivity index (χ1) is 14.4. The van der Waals surface area contributed by atoms with Gasteiger partial charge in [0, 0.05) is 10.9 Å². The van der Waals surface area contributed by atoms with Crippen molar-refractivity contribution in [2.24, 2.45) is 5.41 Å². The Kier molecular flexibility index (Phi) is 5.34. The maximum atomic E-state index is 13.6. The second kappa shape index (κ2) is 7.95. The maximum absolute atomic E-state index is 13.6. The fourth-order valence-corrected chi connectivity index (χ4v) is 4.63. The Hall–Kier alpha value is -3.13. The molecule has 5 nitrogen and oxygen atoms in total. The highest BCUT2D eigenvalue weighted by molar-refractivity contribution is 7.09. The number of fused-ring (bicyclic) bond motifs is 1. The standard InChI is InChI=1S/C22H18F2N2O3S/c23-16-6-14-8-22(10-20(27)28,9-15(14)7-17(16)24)21(29)25-11-19-26-18(12-30-19)13-4-2-1-3-5-13/h1-7,12H,8-11H2,(H,25,29)(H,27,28). The van der Waals surface area contributed by atoms with Gasteiger partial charge in [-0.15, -0.1) is 11.3 Å². The number of aromatic nitrogens is 1. The van der Waals surface area contributed by atoms with Gasteiger partial charge in [0.15, 0.2) is 11.6 Å². The van der Waals surface area contributed by atoms with Gasteiger partial charge in [-0.05, 0) is 36.1 Å². The zero-order valence-electron chi connectivity index (χ0n) is 15.8. The number of carbonyl (C=O) groups is 2. The molecule has 2 N–H and O–H groups in total. The van der Waals surface area contributed by atoms with Crippen molar-refractivity contribution < 1.29 is 23.5 Å². The number of carboxylic acid groups (broad SMARTS) is 1. The van der Waals surface area contributed by atoms with E-state index in [2.05, 4.69) is 10.3 Å². The van der Waals surface area contributed by atoms with Crippen molar-refractivity contribution in [1.29, 1.82) is 0 Å². The summed E-state index contributed by atoms with van der Waals surface area (Å²) in [6.07, 6.45) is -0.334. The first-order valence-electron chi connectivity index (χ1n) is 9.33. The van der Waals surface area contributed by atoms with Gasteiger partial charge in [-0.2, -0.15) is 0 Å². The molecule has 4 rings (SSSR count). The largest absolute Gasteiger partial charge is 0.481 e. The van der Waals surface area contributed by atoms with E-state index in [4.69, 9.17) is 0 Å². The van der Waals surface area contributed by atoms with Gasteiger partial charge in [0.2, 0.25) is 5.91 Å². The minimum Gasteiger partial charge on any atom is -0.481 e. The lowest BCUT2D eigenvalue weighted by Gasteiger charge is -2.25. The van der Waals surface area contributed by atoms with Gasteiger partial charge in [-0.25, -0.2) is 13.8 Å². The summed E-state index contributed by atoms with van der Waals surface area (Å²) >= 11 is 1.39. The van der Waals surface area contributed by atoms with Crippen LogP contribution in [0.1, 0.15) is 22.6 Å². The average Bonchev–Trinajstić information content (AvgIpc) is 3.32. The molecule has 0 atom stereocenters. The predicted octanol–water partition coefficient (Wildman–Crippen LogP) is 3.96. The third kappa shape index (κ3) is 3.95. The summed E-state index contributed by atoms with van der Waals surface area (Å²) in [7, 11) is 0. The minimum atomic E-state index is -1.28. The molecule has 1 aliphatic rings. The quantitative estimate of drug-likeness (QED) is 0.623. The monoisotopic (exact) mass is 428 g/mol.